The maximum Gasteiger partial charge on any atom is 0.183 e. The van der Waals surface area contributed by atoms with Gasteiger partial charge in [-0.2, -0.15) is 0 Å². The van der Waals surface area contributed by atoms with E-state index in [9.17, 15) is 0 Å². The Kier molecular flexibility index (Phi) is 2.70. The highest BCUT2D eigenvalue weighted by Crippen LogP contribution is 2.28. The number of fused-ring (bicyclic) bond motifs is 1. The van der Waals surface area contributed by atoms with Gasteiger partial charge in [0.15, 0.2) is 5.65 Å². The van der Waals surface area contributed by atoms with Gasteiger partial charge in [0.25, 0.3) is 0 Å². The minimum Gasteiger partial charge on any atom is -0.396 e. The molecule has 1 unspecified atom stereocenters. The van der Waals surface area contributed by atoms with Crippen LogP contribution in [0.5, 0.6) is 0 Å². The molecule has 0 aliphatic carbocycles. The molecule has 2 aromatic heterocycles. The SMILES string of the molecule is CC(C)N1CCC(c2nnc3c(N)cccn23)C1. The molecule has 1 fully saturated rings. The number of likely N-dealkylation sites (tertiary alicyclic amines) is 1. The Balaban J connectivity index is 1.94. The van der Waals surface area contributed by atoms with Gasteiger partial charge in [-0.1, -0.05) is 0 Å². The standard InChI is InChI=1S/C13H19N5/c1-9(2)17-7-5-10(8-17)12-15-16-13-11(14)4-3-6-18(12)13/h3-4,6,9-10H,5,7-8,14H2,1-2H3. The number of hydrogen-bond donors (Lipinski definition) is 1. The van der Waals surface area contributed by atoms with E-state index in [0.29, 0.717) is 17.6 Å². The first-order valence-corrected chi connectivity index (χ1v) is 6.50. The van der Waals surface area contributed by atoms with Gasteiger partial charge in [0.1, 0.15) is 5.82 Å². The van der Waals surface area contributed by atoms with Gasteiger partial charge in [-0.25, -0.2) is 0 Å². The second kappa shape index (κ2) is 4.24. The van der Waals surface area contributed by atoms with Crippen molar-refractivity contribution in [1.82, 2.24) is 19.5 Å². The molecule has 5 nitrogen and oxygen atoms in total. The van der Waals surface area contributed by atoms with Crippen molar-refractivity contribution < 1.29 is 0 Å². The van der Waals surface area contributed by atoms with Gasteiger partial charge in [-0.05, 0) is 38.9 Å². The molecule has 0 aromatic carbocycles. The van der Waals surface area contributed by atoms with Crippen molar-refractivity contribution in [2.45, 2.75) is 32.2 Å². The van der Waals surface area contributed by atoms with Crippen LogP contribution in [-0.4, -0.2) is 38.6 Å². The summed E-state index contributed by atoms with van der Waals surface area (Å²) in [6.45, 7) is 6.68. The predicted octanol–water partition coefficient (Wildman–Crippen LogP) is 1.51. The smallest absolute Gasteiger partial charge is 0.183 e. The van der Waals surface area contributed by atoms with E-state index >= 15 is 0 Å². The van der Waals surface area contributed by atoms with Crippen molar-refractivity contribution in [2.24, 2.45) is 0 Å². The second-order valence-corrected chi connectivity index (χ2v) is 5.29. The van der Waals surface area contributed by atoms with Gasteiger partial charge >= 0.3 is 0 Å². The van der Waals surface area contributed by atoms with Crippen LogP contribution >= 0.6 is 0 Å². The molecule has 0 spiro atoms. The van der Waals surface area contributed by atoms with Crippen molar-refractivity contribution in [1.29, 1.82) is 0 Å². The van der Waals surface area contributed by atoms with Crippen molar-refractivity contribution in [3.63, 3.8) is 0 Å². The fraction of sp³-hybridized carbons (Fsp3) is 0.538. The minimum absolute atomic E-state index is 0.462. The Morgan fingerprint density at radius 1 is 1.39 bits per heavy atom. The first-order chi connectivity index (χ1) is 8.66. The van der Waals surface area contributed by atoms with Gasteiger partial charge in [0.2, 0.25) is 0 Å². The zero-order valence-corrected chi connectivity index (χ0v) is 10.9. The molecule has 3 heterocycles. The van der Waals surface area contributed by atoms with Crippen LogP contribution in [0.4, 0.5) is 5.69 Å². The third kappa shape index (κ3) is 1.75. The Labute approximate surface area is 107 Å². The lowest BCUT2D eigenvalue weighted by Gasteiger charge is -2.19. The zero-order chi connectivity index (χ0) is 12.7. The maximum atomic E-state index is 5.91. The summed E-state index contributed by atoms with van der Waals surface area (Å²) in [5.74, 6) is 1.50. The number of nitrogens with two attached hydrogens (primary N) is 1. The number of anilines is 1. The Hall–Kier alpha value is -1.62. The first-order valence-electron chi connectivity index (χ1n) is 6.50. The third-order valence-electron chi connectivity index (χ3n) is 3.81. The molecular weight excluding hydrogens is 226 g/mol. The molecule has 18 heavy (non-hydrogen) atoms. The third-order valence-corrected chi connectivity index (χ3v) is 3.81. The van der Waals surface area contributed by atoms with Crippen molar-refractivity contribution in [3.8, 4) is 0 Å². The number of aromatic nitrogens is 3. The highest BCUT2D eigenvalue weighted by Gasteiger charge is 2.28. The topological polar surface area (TPSA) is 59.5 Å². The van der Waals surface area contributed by atoms with E-state index in [0.717, 1.165) is 31.0 Å². The molecular formula is C13H19N5. The summed E-state index contributed by atoms with van der Waals surface area (Å²) in [5, 5.41) is 8.54. The summed E-state index contributed by atoms with van der Waals surface area (Å²) in [6.07, 6.45) is 3.15. The van der Waals surface area contributed by atoms with Crippen LogP contribution in [0.2, 0.25) is 0 Å². The van der Waals surface area contributed by atoms with Gasteiger partial charge in [0, 0.05) is 24.7 Å². The van der Waals surface area contributed by atoms with E-state index in [4.69, 9.17) is 5.73 Å². The van der Waals surface area contributed by atoms with E-state index in [-0.39, 0.29) is 0 Å². The number of nitrogens with zero attached hydrogens (tertiary/aromatic N) is 4. The van der Waals surface area contributed by atoms with Crippen LogP contribution in [0, 0.1) is 0 Å². The molecule has 1 saturated heterocycles. The Bertz CT molecular complexity index is 560. The molecule has 2 aromatic rings. The zero-order valence-electron chi connectivity index (χ0n) is 10.9. The van der Waals surface area contributed by atoms with E-state index in [1.54, 1.807) is 0 Å². The van der Waals surface area contributed by atoms with Crippen molar-refractivity contribution in [3.05, 3.63) is 24.2 Å². The van der Waals surface area contributed by atoms with Crippen LogP contribution in [0.15, 0.2) is 18.3 Å². The lowest BCUT2D eigenvalue weighted by Crippen LogP contribution is -2.28. The molecule has 2 N–H and O–H groups in total. The summed E-state index contributed by atoms with van der Waals surface area (Å²) in [5.41, 5.74) is 7.37. The van der Waals surface area contributed by atoms with Crippen molar-refractivity contribution >= 4 is 11.3 Å². The molecule has 3 rings (SSSR count). The van der Waals surface area contributed by atoms with E-state index in [1.165, 1.54) is 0 Å². The van der Waals surface area contributed by atoms with Gasteiger partial charge < -0.3 is 10.6 Å². The fourth-order valence-corrected chi connectivity index (χ4v) is 2.70. The van der Waals surface area contributed by atoms with Crippen LogP contribution in [0.1, 0.15) is 32.0 Å². The average molecular weight is 245 g/mol. The molecule has 0 bridgehead atoms. The monoisotopic (exact) mass is 245 g/mol. The summed E-state index contributed by atoms with van der Waals surface area (Å²) in [7, 11) is 0. The maximum absolute atomic E-state index is 5.91. The molecule has 1 aliphatic rings. The normalized spacial score (nSPS) is 21.2. The van der Waals surface area contributed by atoms with Gasteiger partial charge in [-0.3, -0.25) is 4.40 Å². The molecule has 1 atom stereocenters. The molecule has 0 radical (unpaired) electrons. The van der Waals surface area contributed by atoms with Gasteiger partial charge in [-0.15, -0.1) is 10.2 Å². The summed E-state index contributed by atoms with van der Waals surface area (Å²) < 4.78 is 2.03. The summed E-state index contributed by atoms with van der Waals surface area (Å²) >= 11 is 0. The Morgan fingerprint density at radius 3 is 2.94 bits per heavy atom. The largest absolute Gasteiger partial charge is 0.396 e. The summed E-state index contributed by atoms with van der Waals surface area (Å²) in [6, 6.07) is 4.41. The fourth-order valence-electron chi connectivity index (χ4n) is 2.70. The van der Waals surface area contributed by atoms with E-state index in [1.807, 2.05) is 22.7 Å². The van der Waals surface area contributed by atoms with Gasteiger partial charge in [0.05, 0.1) is 5.69 Å². The number of nitrogen functional groups attached to an aromatic ring is 1. The van der Waals surface area contributed by atoms with Crippen molar-refractivity contribution in [2.75, 3.05) is 18.8 Å². The second-order valence-electron chi connectivity index (χ2n) is 5.29. The van der Waals surface area contributed by atoms with E-state index < -0.39 is 0 Å². The number of pyridine rings is 1. The Morgan fingerprint density at radius 2 is 2.22 bits per heavy atom. The molecule has 96 valence electrons. The first kappa shape index (κ1) is 11.5. The lowest BCUT2D eigenvalue weighted by atomic mass is 10.1. The molecule has 0 amide bonds. The number of hydrogen-bond acceptors (Lipinski definition) is 4. The van der Waals surface area contributed by atoms with Crippen LogP contribution in [0.25, 0.3) is 5.65 Å². The summed E-state index contributed by atoms with van der Waals surface area (Å²) in [4.78, 5) is 2.48. The van der Waals surface area contributed by atoms with Crippen LogP contribution < -0.4 is 5.73 Å². The predicted molar refractivity (Wildman–Crippen MR) is 71.5 cm³/mol. The molecule has 0 saturated carbocycles. The highest BCUT2D eigenvalue weighted by atomic mass is 15.3. The number of rotatable bonds is 2. The quantitative estimate of drug-likeness (QED) is 0.871. The molecule has 1 aliphatic heterocycles. The van der Waals surface area contributed by atoms with E-state index in [2.05, 4.69) is 28.9 Å². The minimum atomic E-state index is 0.462. The van der Waals surface area contributed by atoms with Crippen LogP contribution in [0.3, 0.4) is 0 Å². The molecule has 5 heteroatoms. The van der Waals surface area contributed by atoms with Crippen LogP contribution in [-0.2, 0) is 0 Å². The highest BCUT2D eigenvalue weighted by molar-refractivity contribution is 5.63. The average Bonchev–Trinajstić information content (AvgIpc) is 2.94. The lowest BCUT2D eigenvalue weighted by molar-refractivity contribution is 0.271.